The highest BCUT2D eigenvalue weighted by Gasteiger charge is 2.32. The van der Waals surface area contributed by atoms with E-state index in [4.69, 9.17) is 5.73 Å². The molecule has 4 N–H and O–H groups in total. The maximum Gasteiger partial charge on any atom is 0.341 e. The van der Waals surface area contributed by atoms with Crippen molar-refractivity contribution in [2.24, 2.45) is 16.1 Å². The van der Waals surface area contributed by atoms with Gasteiger partial charge in [0.15, 0.2) is 0 Å². The average molecular weight is 371 g/mol. The Bertz CT molecular complexity index is 747. The second-order valence-corrected chi connectivity index (χ2v) is 7.76. The quantitative estimate of drug-likeness (QED) is 0.758. The van der Waals surface area contributed by atoms with Gasteiger partial charge in [-0.2, -0.15) is 4.99 Å². The molecular formula is C20H29N5O2. The molecule has 0 spiro atoms. The number of amides is 3. The molecule has 1 fully saturated rings. The van der Waals surface area contributed by atoms with Crippen LogP contribution >= 0.6 is 0 Å². The van der Waals surface area contributed by atoms with Gasteiger partial charge in [0, 0.05) is 30.7 Å². The number of nitrogens with two attached hydrogens (primary N) is 1. The van der Waals surface area contributed by atoms with Crippen molar-refractivity contribution in [3.8, 4) is 0 Å². The van der Waals surface area contributed by atoms with E-state index in [0.717, 1.165) is 30.4 Å². The minimum atomic E-state index is -0.675. The Kier molecular flexibility index (Phi) is 6.71. The molecule has 1 aliphatic carbocycles. The first kappa shape index (κ1) is 20.6. The molecule has 0 aliphatic heterocycles. The molecule has 7 nitrogen and oxygen atoms in total. The van der Waals surface area contributed by atoms with E-state index in [9.17, 15) is 9.59 Å². The van der Waals surface area contributed by atoms with Gasteiger partial charge in [-0.15, -0.1) is 0 Å². The van der Waals surface area contributed by atoms with Gasteiger partial charge in [-0.3, -0.25) is 9.78 Å². The van der Waals surface area contributed by atoms with Crippen LogP contribution in [0.2, 0.25) is 0 Å². The number of hydrogen-bond acceptors (Lipinski definition) is 4. The Morgan fingerprint density at radius 3 is 2.56 bits per heavy atom. The van der Waals surface area contributed by atoms with Crippen LogP contribution in [0.4, 0.5) is 4.79 Å². The molecule has 146 valence electrons. The van der Waals surface area contributed by atoms with Gasteiger partial charge in [-0.25, -0.2) is 4.79 Å². The Hall–Kier alpha value is -2.70. The summed E-state index contributed by atoms with van der Waals surface area (Å²) in [5.41, 5.74) is 8.90. The summed E-state index contributed by atoms with van der Waals surface area (Å²) in [6.07, 6.45) is 6.80. The maximum atomic E-state index is 12.5. The van der Waals surface area contributed by atoms with E-state index in [1.165, 1.54) is 0 Å². The number of aliphatic imine (C=N–C) groups is 1. The van der Waals surface area contributed by atoms with Gasteiger partial charge in [-0.05, 0) is 48.8 Å². The van der Waals surface area contributed by atoms with Crippen LogP contribution in [0, 0.1) is 5.41 Å². The third-order valence-corrected chi connectivity index (χ3v) is 4.62. The van der Waals surface area contributed by atoms with Crippen LogP contribution in [0.15, 0.2) is 35.1 Å². The maximum absolute atomic E-state index is 12.5. The summed E-state index contributed by atoms with van der Waals surface area (Å²) in [7, 11) is 1.55. The lowest BCUT2D eigenvalue weighted by atomic mass is 9.86. The number of pyridine rings is 1. The van der Waals surface area contributed by atoms with E-state index in [0.29, 0.717) is 17.8 Å². The zero-order valence-electron chi connectivity index (χ0n) is 16.5. The Morgan fingerprint density at radius 1 is 1.26 bits per heavy atom. The lowest BCUT2D eigenvalue weighted by Crippen LogP contribution is -2.52. The minimum Gasteiger partial charge on any atom is -0.398 e. The SMILES string of the molecule is CNC(=O)[C@@H](NC(=O)N=C1CCCCC1=C(N)c1cccnc1)C(C)(C)C. The monoisotopic (exact) mass is 371 g/mol. The number of carbonyl (C=O) groups is 2. The van der Waals surface area contributed by atoms with Crippen molar-refractivity contribution >= 4 is 23.3 Å². The molecule has 1 saturated carbocycles. The van der Waals surface area contributed by atoms with Crippen molar-refractivity contribution in [3.05, 3.63) is 35.7 Å². The second kappa shape index (κ2) is 8.79. The van der Waals surface area contributed by atoms with Gasteiger partial charge in [0.05, 0.1) is 5.71 Å². The summed E-state index contributed by atoms with van der Waals surface area (Å²) in [5.74, 6) is -0.245. The topological polar surface area (TPSA) is 109 Å². The number of hydrogen-bond donors (Lipinski definition) is 3. The van der Waals surface area contributed by atoms with E-state index >= 15 is 0 Å². The zero-order valence-corrected chi connectivity index (χ0v) is 16.5. The lowest BCUT2D eigenvalue weighted by Gasteiger charge is -2.29. The highest BCUT2D eigenvalue weighted by Crippen LogP contribution is 2.26. The fraction of sp³-hybridized carbons (Fsp3) is 0.500. The Balaban J connectivity index is 2.29. The number of aromatic nitrogens is 1. The van der Waals surface area contributed by atoms with Gasteiger partial charge in [0.2, 0.25) is 5.91 Å². The van der Waals surface area contributed by atoms with Crippen molar-refractivity contribution in [1.82, 2.24) is 15.6 Å². The van der Waals surface area contributed by atoms with Gasteiger partial charge in [-0.1, -0.05) is 20.8 Å². The molecule has 7 heteroatoms. The molecule has 1 heterocycles. The highest BCUT2D eigenvalue weighted by atomic mass is 16.2. The van der Waals surface area contributed by atoms with Crippen molar-refractivity contribution < 1.29 is 9.59 Å². The fourth-order valence-electron chi connectivity index (χ4n) is 3.10. The van der Waals surface area contributed by atoms with E-state index in [2.05, 4.69) is 20.6 Å². The predicted octanol–water partition coefficient (Wildman–Crippen LogP) is 2.64. The van der Waals surface area contributed by atoms with Crippen LogP contribution in [0.25, 0.3) is 5.70 Å². The van der Waals surface area contributed by atoms with Crippen LogP contribution < -0.4 is 16.4 Å². The normalized spacial score (nSPS) is 19.3. The highest BCUT2D eigenvalue weighted by molar-refractivity contribution is 6.10. The third-order valence-electron chi connectivity index (χ3n) is 4.62. The first-order valence-electron chi connectivity index (χ1n) is 9.23. The number of nitrogens with zero attached hydrogens (tertiary/aromatic N) is 2. The summed E-state index contributed by atoms with van der Waals surface area (Å²) in [4.78, 5) is 33.0. The molecule has 0 unspecified atom stereocenters. The molecule has 2 rings (SSSR count). The summed E-state index contributed by atoms with van der Waals surface area (Å²) in [6, 6.07) is 2.52. The average Bonchev–Trinajstić information content (AvgIpc) is 2.65. The van der Waals surface area contributed by atoms with Crippen LogP contribution in [0.5, 0.6) is 0 Å². The standard InChI is InChI=1S/C20H29N5O2/c1-20(2,3)17(18(26)22-4)25-19(27)24-15-10-6-5-9-14(15)16(21)13-8-7-11-23-12-13/h7-8,11-12,17H,5-6,9-10,21H2,1-4H3,(H,22,26)(H,25,27)/t17-/m1/s1. The molecule has 1 aromatic heterocycles. The first-order valence-corrected chi connectivity index (χ1v) is 9.23. The van der Waals surface area contributed by atoms with Crippen molar-refractivity contribution in [3.63, 3.8) is 0 Å². The van der Waals surface area contributed by atoms with Crippen molar-refractivity contribution in [2.75, 3.05) is 7.05 Å². The van der Waals surface area contributed by atoms with Crippen molar-refractivity contribution in [1.29, 1.82) is 0 Å². The van der Waals surface area contributed by atoms with Crippen LogP contribution in [-0.4, -0.2) is 35.7 Å². The van der Waals surface area contributed by atoms with Gasteiger partial charge >= 0.3 is 6.03 Å². The molecule has 27 heavy (non-hydrogen) atoms. The van der Waals surface area contributed by atoms with E-state index in [1.807, 2.05) is 32.9 Å². The molecule has 3 amide bonds. The summed E-state index contributed by atoms with van der Waals surface area (Å²) >= 11 is 0. The first-order chi connectivity index (χ1) is 12.7. The number of rotatable bonds is 3. The zero-order chi connectivity index (χ0) is 20.0. The van der Waals surface area contributed by atoms with E-state index < -0.39 is 17.5 Å². The van der Waals surface area contributed by atoms with Crippen LogP contribution in [0.3, 0.4) is 0 Å². The molecule has 0 saturated heterocycles. The molecule has 0 radical (unpaired) electrons. The minimum absolute atomic E-state index is 0.245. The molecule has 1 aliphatic rings. The Morgan fingerprint density at radius 2 is 1.96 bits per heavy atom. The molecular weight excluding hydrogens is 342 g/mol. The van der Waals surface area contributed by atoms with E-state index in [-0.39, 0.29) is 5.91 Å². The number of urea groups is 1. The van der Waals surface area contributed by atoms with E-state index in [1.54, 1.807) is 19.4 Å². The third kappa shape index (κ3) is 5.39. The number of carbonyl (C=O) groups excluding carboxylic acids is 2. The number of nitrogens with one attached hydrogen (secondary N) is 2. The van der Waals surface area contributed by atoms with Gasteiger partial charge in [0.25, 0.3) is 0 Å². The van der Waals surface area contributed by atoms with Crippen LogP contribution in [-0.2, 0) is 4.79 Å². The molecule has 1 atom stereocenters. The fourth-order valence-corrected chi connectivity index (χ4v) is 3.10. The van der Waals surface area contributed by atoms with Crippen molar-refractivity contribution in [2.45, 2.75) is 52.5 Å². The summed E-state index contributed by atoms with van der Waals surface area (Å²) < 4.78 is 0. The Labute approximate surface area is 160 Å². The lowest BCUT2D eigenvalue weighted by molar-refractivity contribution is -0.124. The number of likely N-dealkylation sites (N-methyl/N-ethyl adjacent to an activating group) is 1. The second-order valence-electron chi connectivity index (χ2n) is 7.76. The van der Waals surface area contributed by atoms with Gasteiger partial charge in [0.1, 0.15) is 6.04 Å². The summed E-state index contributed by atoms with van der Waals surface area (Å²) in [6.45, 7) is 5.69. The molecule has 0 bridgehead atoms. The largest absolute Gasteiger partial charge is 0.398 e. The van der Waals surface area contributed by atoms with Crippen LogP contribution in [0.1, 0.15) is 52.0 Å². The molecule has 1 aromatic rings. The van der Waals surface area contributed by atoms with Gasteiger partial charge < -0.3 is 16.4 Å². The molecule has 0 aromatic carbocycles. The predicted molar refractivity (Wildman–Crippen MR) is 107 cm³/mol. The smallest absolute Gasteiger partial charge is 0.341 e. The number of allylic oxidation sites excluding steroid dienone is 1. The summed E-state index contributed by atoms with van der Waals surface area (Å²) in [5, 5.41) is 5.33.